The maximum Gasteiger partial charge on any atom is 0.343 e. The van der Waals surface area contributed by atoms with E-state index in [1.165, 1.54) is 44.9 Å². The maximum absolute atomic E-state index is 12.7. The molecule has 0 heterocycles. The molecule has 0 aliphatic heterocycles. The Labute approximate surface area is 258 Å². The lowest BCUT2D eigenvalue weighted by Gasteiger charge is -2.16. The van der Waals surface area contributed by atoms with E-state index in [4.69, 9.17) is 18.9 Å². The van der Waals surface area contributed by atoms with Crippen LogP contribution in [0.15, 0.2) is 60.7 Å². The van der Waals surface area contributed by atoms with Gasteiger partial charge in [0.15, 0.2) is 6.10 Å². The summed E-state index contributed by atoms with van der Waals surface area (Å²) in [5.41, 5.74) is 0.456. The molecule has 0 bridgehead atoms. The van der Waals surface area contributed by atoms with E-state index in [9.17, 15) is 9.59 Å². The van der Waals surface area contributed by atoms with Gasteiger partial charge in [-0.15, -0.1) is 0 Å². The van der Waals surface area contributed by atoms with Gasteiger partial charge in [-0.3, -0.25) is 0 Å². The molecule has 3 aromatic rings. The van der Waals surface area contributed by atoms with E-state index >= 15 is 0 Å². The fraction of sp³-hybridized carbons (Fsp3) is 0.514. The molecule has 0 aliphatic rings. The summed E-state index contributed by atoms with van der Waals surface area (Å²) in [5, 5.41) is 1.73. The van der Waals surface area contributed by atoms with Crippen LogP contribution in [0, 0.1) is 5.92 Å². The van der Waals surface area contributed by atoms with E-state index in [2.05, 4.69) is 20.8 Å². The lowest BCUT2D eigenvalue weighted by atomic mass is 10.1. The second-order valence-corrected chi connectivity index (χ2v) is 11.6. The van der Waals surface area contributed by atoms with E-state index in [0.29, 0.717) is 36.2 Å². The molecule has 2 atom stereocenters. The molecular formula is C37H50O6. The first-order valence-electron chi connectivity index (χ1n) is 16.2. The lowest BCUT2D eigenvalue weighted by molar-refractivity contribution is -0.147. The number of rotatable bonds is 20. The Morgan fingerprint density at radius 2 is 1.21 bits per heavy atom. The van der Waals surface area contributed by atoms with Gasteiger partial charge in [0.25, 0.3) is 0 Å². The number of carbonyl (C=O) groups is 2. The Morgan fingerprint density at radius 1 is 0.651 bits per heavy atom. The molecule has 0 saturated heterocycles. The second kappa shape index (κ2) is 19.0. The summed E-state index contributed by atoms with van der Waals surface area (Å²) in [4.78, 5) is 25.3. The van der Waals surface area contributed by atoms with Gasteiger partial charge in [-0.05, 0) is 85.0 Å². The number of unbranched alkanes of at least 4 members (excludes halogenated alkanes) is 8. The Hall–Kier alpha value is -3.38. The number of esters is 2. The summed E-state index contributed by atoms with van der Waals surface area (Å²) in [6.07, 6.45) is 12.8. The predicted molar refractivity (Wildman–Crippen MR) is 173 cm³/mol. The molecule has 0 aromatic heterocycles. The average molecular weight is 591 g/mol. The number of hydrogen-bond acceptors (Lipinski definition) is 6. The van der Waals surface area contributed by atoms with Crippen LogP contribution >= 0.6 is 0 Å². The minimum absolute atomic E-state index is 0.405. The molecule has 0 saturated carbocycles. The molecule has 3 aromatic carbocycles. The Balaban J connectivity index is 1.43. The van der Waals surface area contributed by atoms with Crippen LogP contribution in [0.1, 0.15) is 109 Å². The van der Waals surface area contributed by atoms with Gasteiger partial charge in [0.05, 0.1) is 18.8 Å². The van der Waals surface area contributed by atoms with Gasteiger partial charge in [-0.2, -0.15) is 0 Å². The van der Waals surface area contributed by atoms with Crippen molar-refractivity contribution in [2.24, 2.45) is 5.92 Å². The lowest BCUT2D eigenvalue weighted by Crippen LogP contribution is -2.27. The van der Waals surface area contributed by atoms with Crippen LogP contribution < -0.4 is 14.2 Å². The molecule has 234 valence electrons. The third-order valence-corrected chi connectivity index (χ3v) is 7.58. The highest BCUT2D eigenvalue weighted by Crippen LogP contribution is 2.26. The number of ether oxygens (including phenoxy) is 4. The molecule has 3 rings (SSSR count). The summed E-state index contributed by atoms with van der Waals surface area (Å²) in [6, 6.07) is 17.8. The first kappa shape index (κ1) is 34.1. The molecule has 0 radical (unpaired) electrons. The maximum atomic E-state index is 12.7. The number of hydrogen-bond donors (Lipinski definition) is 0. The third kappa shape index (κ3) is 12.4. The van der Waals surface area contributed by atoms with Gasteiger partial charge < -0.3 is 18.9 Å². The molecular weight excluding hydrogens is 540 g/mol. The van der Waals surface area contributed by atoms with E-state index < -0.39 is 18.0 Å². The van der Waals surface area contributed by atoms with Crippen molar-refractivity contribution < 1.29 is 28.5 Å². The highest BCUT2D eigenvalue weighted by Gasteiger charge is 2.18. The first-order valence-corrected chi connectivity index (χ1v) is 16.2. The van der Waals surface area contributed by atoms with Crippen molar-refractivity contribution in [3.63, 3.8) is 0 Å². The zero-order valence-corrected chi connectivity index (χ0v) is 26.6. The first-order chi connectivity index (χ1) is 20.9. The van der Waals surface area contributed by atoms with E-state index in [1.54, 1.807) is 43.3 Å². The van der Waals surface area contributed by atoms with E-state index in [-0.39, 0.29) is 0 Å². The molecule has 43 heavy (non-hydrogen) atoms. The summed E-state index contributed by atoms with van der Waals surface area (Å²) in [6.45, 7) is 9.47. The van der Waals surface area contributed by atoms with Crippen LogP contribution in [-0.4, -0.2) is 31.3 Å². The smallest absolute Gasteiger partial charge is 0.343 e. The van der Waals surface area contributed by atoms with Crippen molar-refractivity contribution in [3.05, 3.63) is 66.2 Å². The number of carbonyl (C=O) groups excluding carboxylic acids is 2. The summed E-state index contributed by atoms with van der Waals surface area (Å²) in [5.74, 6) is 1.19. The molecule has 0 spiro atoms. The fourth-order valence-electron chi connectivity index (χ4n) is 4.82. The molecule has 0 N–H and O–H groups in total. The van der Waals surface area contributed by atoms with Crippen molar-refractivity contribution in [2.45, 2.75) is 104 Å². The summed E-state index contributed by atoms with van der Waals surface area (Å²) < 4.78 is 22.8. The van der Waals surface area contributed by atoms with Gasteiger partial charge in [-0.1, -0.05) is 90.7 Å². The topological polar surface area (TPSA) is 71.1 Å². The molecule has 0 amide bonds. The normalized spacial score (nSPS) is 12.6. The minimum atomic E-state index is -0.642. The molecule has 0 fully saturated rings. The number of benzene rings is 3. The van der Waals surface area contributed by atoms with Crippen LogP contribution in [-0.2, 0) is 9.53 Å². The van der Waals surface area contributed by atoms with Gasteiger partial charge in [-0.25, -0.2) is 9.59 Å². The quantitative estimate of drug-likeness (QED) is 0.0741. The van der Waals surface area contributed by atoms with Crippen molar-refractivity contribution in [2.75, 3.05) is 13.2 Å². The highest BCUT2D eigenvalue weighted by atomic mass is 16.6. The van der Waals surface area contributed by atoms with Crippen molar-refractivity contribution in [1.82, 2.24) is 0 Å². The SMILES string of the molecule is CCCCCCCCCCOc1ccc(C(=O)Oc2ccc3cc(OC(=O)[C@H](C)OC[C@@H](C)CCCC)ccc3c2)cc1. The monoisotopic (exact) mass is 590 g/mol. The van der Waals surface area contributed by atoms with Crippen LogP contribution in [0.5, 0.6) is 17.2 Å². The Morgan fingerprint density at radius 3 is 1.84 bits per heavy atom. The molecule has 6 nitrogen and oxygen atoms in total. The highest BCUT2D eigenvalue weighted by molar-refractivity contribution is 5.92. The predicted octanol–water partition coefficient (Wildman–Crippen LogP) is 9.72. The average Bonchev–Trinajstić information content (AvgIpc) is 3.02. The standard InChI is InChI=1S/C37H50O6/c1-5-7-9-10-11-12-13-14-24-40-33-20-16-30(17-21-33)37(39)43-35-23-19-31-25-34(22-18-32(31)26-35)42-36(38)29(4)41-27-28(3)15-8-6-2/h16-23,25-26,28-29H,5-15,24,27H2,1-4H3/t28-,29-/m0/s1. The summed E-state index contributed by atoms with van der Waals surface area (Å²) >= 11 is 0. The van der Waals surface area contributed by atoms with Crippen molar-refractivity contribution in [3.8, 4) is 17.2 Å². The van der Waals surface area contributed by atoms with Crippen LogP contribution in [0.2, 0.25) is 0 Å². The van der Waals surface area contributed by atoms with E-state index in [0.717, 1.165) is 42.2 Å². The van der Waals surface area contributed by atoms with Crippen LogP contribution in [0.3, 0.4) is 0 Å². The Kier molecular flexibility index (Phi) is 15.1. The van der Waals surface area contributed by atoms with Gasteiger partial charge in [0.2, 0.25) is 0 Å². The van der Waals surface area contributed by atoms with Gasteiger partial charge in [0.1, 0.15) is 17.2 Å². The van der Waals surface area contributed by atoms with Crippen molar-refractivity contribution in [1.29, 1.82) is 0 Å². The van der Waals surface area contributed by atoms with Gasteiger partial charge in [0, 0.05) is 0 Å². The second-order valence-electron chi connectivity index (χ2n) is 11.6. The largest absolute Gasteiger partial charge is 0.494 e. The fourth-order valence-corrected chi connectivity index (χ4v) is 4.82. The van der Waals surface area contributed by atoms with Gasteiger partial charge >= 0.3 is 11.9 Å². The van der Waals surface area contributed by atoms with Crippen molar-refractivity contribution >= 4 is 22.7 Å². The third-order valence-electron chi connectivity index (χ3n) is 7.58. The number of fused-ring (bicyclic) bond motifs is 1. The van der Waals surface area contributed by atoms with Crippen LogP contribution in [0.25, 0.3) is 10.8 Å². The Bertz CT molecular complexity index is 1250. The zero-order chi connectivity index (χ0) is 30.9. The molecule has 6 heteroatoms. The molecule has 0 aliphatic carbocycles. The zero-order valence-electron chi connectivity index (χ0n) is 26.6. The van der Waals surface area contributed by atoms with Crippen LogP contribution in [0.4, 0.5) is 0 Å². The molecule has 0 unspecified atom stereocenters. The van der Waals surface area contributed by atoms with E-state index in [1.807, 2.05) is 24.3 Å². The summed E-state index contributed by atoms with van der Waals surface area (Å²) in [7, 11) is 0. The minimum Gasteiger partial charge on any atom is -0.494 e.